The minimum Gasteiger partial charge on any atom is -0.478 e. The lowest BCUT2D eigenvalue weighted by atomic mass is 9.78. The second kappa shape index (κ2) is 6.59. The van der Waals surface area contributed by atoms with Crippen LogP contribution in [0.1, 0.15) is 59.2 Å². The van der Waals surface area contributed by atoms with Gasteiger partial charge in [0.1, 0.15) is 0 Å². The Morgan fingerprint density at radius 3 is 2.46 bits per heavy atom. The molecule has 1 saturated carbocycles. The van der Waals surface area contributed by atoms with E-state index in [1.807, 2.05) is 0 Å². The number of piperidine rings is 1. The van der Waals surface area contributed by atoms with E-state index in [0.717, 1.165) is 38.2 Å². The lowest BCUT2D eigenvalue weighted by Crippen LogP contribution is -2.49. The van der Waals surface area contributed by atoms with Crippen molar-refractivity contribution in [3.05, 3.63) is 39.4 Å². The molecule has 128 valence electrons. The quantitative estimate of drug-likeness (QED) is 0.677. The maximum Gasteiger partial charge on any atom is 0.335 e. The highest BCUT2D eigenvalue weighted by molar-refractivity contribution is 5.98. The van der Waals surface area contributed by atoms with E-state index < -0.39 is 10.9 Å². The SMILES string of the molecule is O=C(O)c1cc(C(=O)N2CCC[C@H]3CCCC[C@H]32)cc([N+](=O)[O-])c1. The summed E-state index contributed by atoms with van der Waals surface area (Å²) in [5, 5.41) is 20.2. The number of carboxylic acids is 1. The van der Waals surface area contributed by atoms with Gasteiger partial charge in [0.2, 0.25) is 0 Å². The molecule has 0 bridgehead atoms. The maximum absolute atomic E-state index is 12.9. The number of fused-ring (bicyclic) bond motifs is 1. The molecule has 24 heavy (non-hydrogen) atoms. The second-order valence-corrected chi connectivity index (χ2v) is 6.58. The van der Waals surface area contributed by atoms with Crippen LogP contribution in [0.4, 0.5) is 5.69 Å². The number of nitrogens with zero attached hydrogens (tertiary/aromatic N) is 2. The van der Waals surface area contributed by atoms with Crippen molar-refractivity contribution < 1.29 is 19.6 Å². The molecule has 7 nitrogen and oxygen atoms in total. The van der Waals surface area contributed by atoms with Crippen molar-refractivity contribution in [2.45, 2.75) is 44.6 Å². The summed E-state index contributed by atoms with van der Waals surface area (Å²) < 4.78 is 0. The zero-order valence-electron chi connectivity index (χ0n) is 13.3. The average molecular weight is 332 g/mol. The zero-order chi connectivity index (χ0) is 17.3. The van der Waals surface area contributed by atoms with Crippen LogP contribution in [0.2, 0.25) is 0 Å². The number of nitro groups is 1. The van der Waals surface area contributed by atoms with Gasteiger partial charge in [0.15, 0.2) is 0 Å². The smallest absolute Gasteiger partial charge is 0.335 e. The van der Waals surface area contributed by atoms with E-state index in [9.17, 15) is 19.7 Å². The second-order valence-electron chi connectivity index (χ2n) is 6.58. The van der Waals surface area contributed by atoms with Gasteiger partial charge in [0.25, 0.3) is 11.6 Å². The van der Waals surface area contributed by atoms with Crippen LogP contribution in [0.5, 0.6) is 0 Å². The normalized spacial score (nSPS) is 23.4. The summed E-state index contributed by atoms with van der Waals surface area (Å²) in [6, 6.07) is 3.58. The molecule has 1 N–H and O–H groups in total. The van der Waals surface area contributed by atoms with E-state index in [2.05, 4.69) is 0 Å². The first kappa shape index (κ1) is 16.4. The predicted molar refractivity (Wildman–Crippen MR) is 86.1 cm³/mol. The largest absolute Gasteiger partial charge is 0.478 e. The molecule has 1 heterocycles. The highest BCUT2D eigenvalue weighted by Crippen LogP contribution is 2.36. The molecular formula is C17H20N2O5. The Morgan fingerprint density at radius 1 is 1.08 bits per heavy atom. The van der Waals surface area contributed by atoms with Crippen LogP contribution in [-0.4, -0.2) is 39.4 Å². The number of nitro benzene ring substituents is 1. The molecule has 1 amide bonds. The van der Waals surface area contributed by atoms with Crippen molar-refractivity contribution in [2.75, 3.05) is 6.54 Å². The maximum atomic E-state index is 12.9. The third-order valence-corrected chi connectivity index (χ3v) is 5.13. The molecule has 2 atom stereocenters. The first-order valence-electron chi connectivity index (χ1n) is 8.31. The van der Waals surface area contributed by atoms with Crippen LogP contribution in [-0.2, 0) is 0 Å². The fourth-order valence-electron chi connectivity index (χ4n) is 4.01. The van der Waals surface area contributed by atoms with Crippen molar-refractivity contribution >= 4 is 17.6 Å². The first-order chi connectivity index (χ1) is 11.5. The van der Waals surface area contributed by atoms with Crippen molar-refractivity contribution in [2.24, 2.45) is 5.92 Å². The fourth-order valence-corrected chi connectivity index (χ4v) is 4.01. The third-order valence-electron chi connectivity index (χ3n) is 5.13. The lowest BCUT2D eigenvalue weighted by Gasteiger charge is -2.44. The number of carboxylic acid groups (broad SMARTS) is 1. The molecule has 1 aliphatic carbocycles. The molecule has 2 aliphatic rings. The highest BCUT2D eigenvalue weighted by Gasteiger charge is 2.36. The molecule has 7 heteroatoms. The average Bonchev–Trinajstić information content (AvgIpc) is 2.60. The van der Waals surface area contributed by atoms with Gasteiger partial charge in [0.05, 0.1) is 10.5 Å². The Labute approximate surface area is 139 Å². The van der Waals surface area contributed by atoms with E-state index in [1.165, 1.54) is 18.6 Å². The van der Waals surface area contributed by atoms with Crippen molar-refractivity contribution in [1.29, 1.82) is 0 Å². The molecule has 1 aliphatic heterocycles. The summed E-state index contributed by atoms with van der Waals surface area (Å²) in [5.41, 5.74) is -0.506. The number of likely N-dealkylation sites (tertiary alicyclic amines) is 1. The van der Waals surface area contributed by atoms with Crippen molar-refractivity contribution in [1.82, 2.24) is 4.90 Å². The highest BCUT2D eigenvalue weighted by atomic mass is 16.6. The number of amides is 1. The zero-order valence-corrected chi connectivity index (χ0v) is 13.3. The minimum absolute atomic E-state index is 0.0906. The van der Waals surface area contributed by atoms with Gasteiger partial charge >= 0.3 is 5.97 Å². The molecule has 3 rings (SSSR count). The molecule has 0 radical (unpaired) electrons. The molecule has 1 saturated heterocycles. The van der Waals surface area contributed by atoms with Gasteiger partial charge in [0, 0.05) is 30.3 Å². The number of hydrogen-bond acceptors (Lipinski definition) is 4. The van der Waals surface area contributed by atoms with Gasteiger partial charge in [-0.15, -0.1) is 0 Å². The number of hydrogen-bond donors (Lipinski definition) is 1. The molecule has 0 unspecified atom stereocenters. The Balaban J connectivity index is 1.93. The van der Waals surface area contributed by atoms with Crippen molar-refractivity contribution in [3.8, 4) is 0 Å². The van der Waals surface area contributed by atoms with E-state index in [4.69, 9.17) is 5.11 Å². The van der Waals surface area contributed by atoms with Crippen molar-refractivity contribution in [3.63, 3.8) is 0 Å². The Morgan fingerprint density at radius 2 is 1.75 bits per heavy atom. The number of aromatic carboxylic acids is 1. The fraction of sp³-hybridized carbons (Fsp3) is 0.529. The van der Waals surface area contributed by atoms with Gasteiger partial charge in [-0.2, -0.15) is 0 Å². The summed E-state index contributed by atoms with van der Waals surface area (Å²) >= 11 is 0. The van der Waals surface area contributed by atoms with Gasteiger partial charge in [-0.1, -0.05) is 12.8 Å². The van der Waals surface area contributed by atoms with Gasteiger partial charge in [-0.05, 0) is 37.7 Å². The van der Waals surface area contributed by atoms with E-state index in [0.29, 0.717) is 12.5 Å². The Hall–Kier alpha value is -2.44. The topological polar surface area (TPSA) is 101 Å². The van der Waals surface area contributed by atoms with Gasteiger partial charge < -0.3 is 10.0 Å². The summed E-state index contributed by atoms with van der Waals surface area (Å²) in [5.74, 6) is -1.08. The van der Waals surface area contributed by atoms with E-state index in [1.54, 1.807) is 4.90 Å². The van der Waals surface area contributed by atoms with E-state index in [-0.39, 0.29) is 28.8 Å². The van der Waals surface area contributed by atoms with Gasteiger partial charge in [-0.25, -0.2) is 4.79 Å². The molecule has 1 aromatic carbocycles. The van der Waals surface area contributed by atoms with Crippen LogP contribution in [0.15, 0.2) is 18.2 Å². The molecule has 0 spiro atoms. The lowest BCUT2D eigenvalue weighted by molar-refractivity contribution is -0.384. The number of carbonyl (C=O) groups is 2. The van der Waals surface area contributed by atoms with Crippen LogP contribution < -0.4 is 0 Å². The van der Waals surface area contributed by atoms with E-state index >= 15 is 0 Å². The Kier molecular flexibility index (Phi) is 4.51. The monoisotopic (exact) mass is 332 g/mol. The number of benzene rings is 1. The molecule has 2 fully saturated rings. The molecule has 1 aromatic rings. The molecular weight excluding hydrogens is 312 g/mol. The standard InChI is InChI=1S/C17H20N2O5/c20-16(18-7-3-5-11-4-1-2-6-15(11)18)12-8-13(17(21)22)10-14(9-12)19(23)24/h8-11,15H,1-7H2,(H,21,22)/t11-,15-/m1/s1. The predicted octanol–water partition coefficient (Wildman–Crippen LogP) is 3.09. The molecule has 0 aromatic heterocycles. The van der Waals surface area contributed by atoms with Gasteiger partial charge in [-0.3, -0.25) is 14.9 Å². The van der Waals surface area contributed by atoms with Crippen LogP contribution in [0, 0.1) is 16.0 Å². The third kappa shape index (κ3) is 3.11. The number of non-ortho nitro benzene ring substituents is 1. The van der Waals surface area contributed by atoms with Crippen LogP contribution in [0.25, 0.3) is 0 Å². The first-order valence-corrected chi connectivity index (χ1v) is 8.31. The number of rotatable bonds is 3. The summed E-state index contributed by atoms with van der Waals surface area (Å²) in [6.45, 7) is 0.630. The number of carbonyl (C=O) groups excluding carboxylic acids is 1. The van der Waals surface area contributed by atoms with Crippen LogP contribution in [0.3, 0.4) is 0 Å². The summed E-state index contributed by atoms with van der Waals surface area (Å²) in [4.78, 5) is 36.3. The Bertz CT molecular complexity index is 653. The summed E-state index contributed by atoms with van der Waals surface area (Å²) in [6.07, 6.45) is 6.38. The minimum atomic E-state index is -1.28. The summed E-state index contributed by atoms with van der Waals surface area (Å²) in [7, 11) is 0. The van der Waals surface area contributed by atoms with Crippen LogP contribution >= 0.6 is 0 Å².